The fraction of sp³-hybridized carbons (Fsp3) is 0.846. The first-order chi connectivity index (χ1) is 8.26. The average Bonchev–Trinajstić information content (AvgIpc) is 2.35. The van der Waals surface area contributed by atoms with Crippen molar-refractivity contribution in [3.8, 4) is 12.1 Å². The summed E-state index contributed by atoms with van der Waals surface area (Å²) < 4.78 is 5.44. The molecule has 0 spiro atoms. The Kier molecular flexibility index (Phi) is 6.62. The van der Waals surface area contributed by atoms with Gasteiger partial charge in [-0.05, 0) is 32.2 Å². The minimum atomic E-state index is -0.0239. The molecule has 0 bridgehead atoms. The third-order valence-corrected chi connectivity index (χ3v) is 3.14. The van der Waals surface area contributed by atoms with Crippen LogP contribution in [0.3, 0.4) is 0 Å². The molecule has 1 heterocycles. The van der Waals surface area contributed by atoms with Gasteiger partial charge in [0.15, 0.2) is 0 Å². The van der Waals surface area contributed by atoms with Crippen molar-refractivity contribution in [2.24, 2.45) is 11.8 Å². The standard InChI is InChI=1S/C13H21N3O/c1-16(9-12(8-15)4-2-6-14)10-13-5-3-7-17-11-13/h12-13H,2-5,7,9-11H2,1H3/t12-,13-/m0/s1. The normalized spacial score (nSPS) is 21.8. The van der Waals surface area contributed by atoms with Gasteiger partial charge in [0.1, 0.15) is 0 Å². The van der Waals surface area contributed by atoms with Crippen molar-refractivity contribution in [1.82, 2.24) is 4.90 Å². The molecule has 1 aliphatic heterocycles. The molecule has 94 valence electrons. The summed E-state index contributed by atoms with van der Waals surface area (Å²) in [7, 11) is 2.05. The maximum Gasteiger partial charge on any atom is 0.0669 e. The summed E-state index contributed by atoms with van der Waals surface area (Å²) >= 11 is 0. The second kappa shape index (κ2) is 8.06. The Labute approximate surface area is 104 Å². The van der Waals surface area contributed by atoms with E-state index in [0.29, 0.717) is 18.8 Å². The topological polar surface area (TPSA) is 60.0 Å². The van der Waals surface area contributed by atoms with Crippen LogP contribution in [0.4, 0.5) is 0 Å². The van der Waals surface area contributed by atoms with Crippen LogP contribution in [-0.4, -0.2) is 38.3 Å². The first kappa shape index (κ1) is 14.0. The largest absolute Gasteiger partial charge is 0.381 e. The van der Waals surface area contributed by atoms with Crippen LogP contribution >= 0.6 is 0 Å². The Bertz CT molecular complexity index is 286. The second-order valence-corrected chi connectivity index (χ2v) is 4.83. The van der Waals surface area contributed by atoms with Gasteiger partial charge >= 0.3 is 0 Å². The van der Waals surface area contributed by atoms with Crippen LogP contribution < -0.4 is 0 Å². The lowest BCUT2D eigenvalue weighted by Crippen LogP contribution is -2.33. The highest BCUT2D eigenvalue weighted by Crippen LogP contribution is 2.15. The Balaban J connectivity index is 2.24. The molecule has 0 radical (unpaired) electrons. The minimum Gasteiger partial charge on any atom is -0.381 e. The van der Waals surface area contributed by atoms with E-state index in [9.17, 15) is 0 Å². The van der Waals surface area contributed by atoms with E-state index in [-0.39, 0.29) is 5.92 Å². The van der Waals surface area contributed by atoms with Crippen molar-refractivity contribution in [3.63, 3.8) is 0 Å². The van der Waals surface area contributed by atoms with Crippen molar-refractivity contribution in [2.75, 3.05) is 33.4 Å². The predicted molar refractivity (Wildman–Crippen MR) is 65.0 cm³/mol. The molecule has 1 saturated heterocycles. The summed E-state index contributed by atoms with van der Waals surface area (Å²) in [5.74, 6) is 0.577. The Morgan fingerprint density at radius 3 is 2.88 bits per heavy atom. The molecule has 0 aromatic heterocycles. The number of hydrogen-bond acceptors (Lipinski definition) is 4. The van der Waals surface area contributed by atoms with Crippen molar-refractivity contribution >= 4 is 0 Å². The van der Waals surface area contributed by atoms with Gasteiger partial charge in [-0.2, -0.15) is 10.5 Å². The molecule has 17 heavy (non-hydrogen) atoms. The summed E-state index contributed by atoms with van der Waals surface area (Å²) in [5, 5.41) is 17.5. The third-order valence-electron chi connectivity index (χ3n) is 3.14. The van der Waals surface area contributed by atoms with Crippen LogP contribution in [0.5, 0.6) is 0 Å². The van der Waals surface area contributed by atoms with E-state index >= 15 is 0 Å². The molecule has 4 heteroatoms. The quantitative estimate of drug-likeness (QED) is 0.704. The molecule has 4 nitrogen and oxygen atoms in total. The van der Waals surface area contributed by atoms with Crippen molar-refractivity contribution in [1.29, 1.82) is 10.5 Å². The molecule has 0 aliphatic carbocycles. The summed E-state index contributed by atoms with van der Waals surface area (Å²) in [6.07, 6.45) is 3.52. The second-order valence-electron chi connectivity index (χ2n) is 4.83. The van der Waals surface area contributed by atoms with Crippen LogP contribution in [0.2, 0.25) is 0 Å². The van der Waals surface area contributed by atoms with Crippen molar-refractivity contribution in [3.05, 3.63) is 0 Å². The molecule has 1 aliphatic rings. The fourth-order valence-electron chi connectivity index (χ4n) is 2.28. The number of nitriles is 2. The molecule has 0 amide bonds. The van der Waals surface area contributed by atoms with E-state index in [0.717, 1.165) is 32.7 Å². The lowest BCUT2D eigenvalue weighted by Gasteiger charge is -2.27. The lowest BCUT2D eigenvalue weighted by molar-refractivity contribution is 0.0409. The maximum absolute atomic E-state index is 9.00. The number of hydrogen-bond donors (Lipinski definition) is 0. The Morgan fingerprint density at radius 2 is 2.29 bits per heavy atom. The first-order valence-electron chi connectivity index (χ1n) is 6.29. The Hall–Kier alpha value is -1.10. The van der Waals surface area contributed by atoms with Crippen LogP contribution in [-0.2, 0) is 4.74 Å². The Morgan fingerprint density at radius 1 is 1.47 bits per heavy atom. The zero-order valence-corrected chi connectivity index (χ0v) is 10.6. The highest BCUT2D eigenvalue weighted by Gasteiger charge is 2.18. The van der Waals surface area contributed by atoms with Gasteiger partial charge in [-0.25, -0.2) is 0 Å². The van der Waals surface area contributed by atoms with E-state index in [2.05, 4.69) is 17.0 Å². The molecule has 2 atom stereocenters. The van der Waals surface area contributed by atoms with Crippen molar-refractivity contribution in [2.45, 2.75) is 25.7 Å². The minimum absolute atomic E-state index is 0.0239. The van der Waals surface area contributed by atoms with Crippen LogP contribution in [0.15, 0.2) is 0 Å². The van der Waals surface area contributed by atoms with Gasteiger partial charge in [0, 0.05) is 26.1 Å². The molecule has 0 saturated carbocycles. The van der Waals surface area contributed by atoms with E-state index in [1.165, 1.54) is 6.42 Å². The van der Waals surface area contributed by atoms with Gasteiger partial charge in [0.2, 0.25) is 0 Å². The smallest absolute Gasteiger partial charge is 0.0669 e. The molecule has 0 N–H and O–H groups in total. The van der Waals surface area contributed by atoms with Crippen LogP contribution in [0.25, 0.3) is 0 Å². The van der Waals surface area contributed by atoms with Crippen molar-refractivity contribution < 1.29 is 4.74 Å². The molecule has 1 rings (SSSR count). The highest BCUT2D eigenvalue weighted by molar-refractivity contribution is 4.87. The van der Waals surface area contributed by atoms with Gasteiger partial charge in [0.25, 0.3) is 0 Å². The number of nitrogens with zero attached hydrogens (tertiary/aromatic N) is 3. The van der Waals surface area contributed by atoms with E-state index < -0.39 is 0 Å². The number of rotatable bonds is 6. The molecular weight excluding hydrogens is 214 g/mol. The molecule has 0 unspecified atom stereocenters. The molecule has 0 aromatic rings. The molecular formula is C13H21N3O. The van der Waals surface area contributed by atoms with Gasteiger partial charge in [0.05, 0.1) is 24.7 Å². The fourth-order valence-corrected chi connectivity index (χ4v) is 2.28. The zero-order valence-electron chi connectivity index (χ0n) is 10.6. The summed E-state index contributed by atoms with van der Waals surface area (Å²) in [4.78, 5) is 2.20. The maximum atomic E-state index is 9.00. The first-order valence-corrected chi connectivity index (χ1v) is 6.29. The number of ether oxygens (including phenoxy) is 1. The highest BCUT2D eigenvalue weighted by atomic mass is 16.5. The third kappa shape index (κ3) is 5.68. The SMILES string of the molecule is CN(C[C@H](C#N)CCC#N)C[C@@H]1CCCOC1. The van der Waals surface area contributed by atoms with E-state index in [4.69, 9.17) is 15.3 Å². The zero-order chi connectivity index (χ0) is 12.5. The monoisotopic (exact) mass is 235 g/mol. The predicted octanol–water partition coefficient (Wildman–Crippen LogP) is 1.79. The summed E-state index contributed by atoms with van der Waals surface area (Å²) in [6, 6.07) is 4.38. The van der Waals surface area contributed by atoms with Gasteiger partial charge in [-0.1, -0.05) is 0 Å². The van der Waals surface area contributed by atoms with E-state index in [1.807, 2.05) is 7.05 Å². The van der Waals surface area contributed by atoms with Crippen LogP contribution in [0, 0.1) is 34.5 Å². The lowest BCUT2D eigenvalue weighted by atomic mass is 10.0. The summed E-state index contributed by atoms with van der Waals surface area (Å²) in [5.41, 5.74) is 0. The van der Waals surface area contributed by atoms with E-state index in [1.54, 1.807) is 0 Å². The molecule has 0 aromatic carbocycles. The molecule has 1 fully saturated rings. The van der Waals surface area contributed by atoms with Gasteiger partial charge in [-0.3, -0.25) is 0 Å². The average molecular weight is 235 g/mol. The van der Waals surface area contributed by atoms with Crippen LogP contribution in [0.1, 0.15) is 25.7 Å². The van der Waals surface area contributed by atoms with Gasteiger partial charge < -0.3 is 9.64 Å². The van der Waals surface area contributed by atoms with Gasteiger partial charge in [-0.15, -0.1) is 0 Å². The summed E-state index contributed by atoms with van der Waals surface area (Å²) in [6.45, 7) is 3.49.